The molecule has 9 heteroatoms. The number of alkyl halides is 2. The third-order valence-corrected chi connectivity index (χ3v) is 3.59. The number of benzene rings is 1. The number of hydrogen-bond donors (Lipinski definition) is 4. The number of amides is 2. The van der Waals surface area contributed by atoms with Crippen molar-refractivity contribution in [1.29, 1.82) is 0 Å². The molecule has 0 fully saturated rings. The number of nitrogens with one attached hydrogen (secondary N) is 2. The Morgan fingerprint density at radius 3 is 1.86 bits per heavy atom. The fourth-order valence-electron chi connectivity index (χ4n) is 1.68. The van der Waals surface area contributed by atoms with Crippen LogP contribution < -0.4 is 16.4 Å². The normalized spacial score (nSPS) is 11.6. The number of carbonyl (C=O) groups is 3. The molecule has 0 aromatic heterocycles. The molecular formula is C13H15Br2N3O4. The zero-order chi connectivity index (χ0) is 16.7. The van der Waals surface area contributed by atoms with Crippen LogP contribution >= 0.6 is 31.9 Å². The van der Waals surface area contributed by atoms with Crippen LogP contribution in [0.4, 0.5) is 11.4 Å². The lowest BCUT2D eigenvalue weighted by Crippen LogP contribution is -2.32. The molecule has 0 spiro atoms. The standard InChI is InChI=1S/C13H15Br2N3O4/c14-5-11(19)17-8-1-7(3-10(16)13(21)22)2-9(4-8)18-12(20)6-15/h1-2,4,10H,3,5-6,16H2,(H,17,19)(H,18,20)(H,21,22). The van der Waals surface area contributed by atoms with Crippen molar-refractivity contribution in [2.75, 3.05) is 21.3 Å². The first-order chi connectivity index (χ1) is 10.3. The predicted octanol–water partition coefficient (Wildman–Crippen LogP) is 1.31. The number of rotatable bonds is 7. The first kappa shape index (κ1) is 18.6. The van der Waals surface area contributed by atoms with Crippen molar-refractivity contribution in [2.45, 2.75) is 12.5 Å². The third-order valence-electron chi connectivity index (χ3n) is 2.58. The topological polar surface area (TPSA) is 122 Å². The summed E-state index contributed by atoms with van der Waals surface area (Å²) in [5, 5.41) is 14.4. The van der Waals surface area contributed by atoms with Gasteiger partial charge in [0.1, 0.15) is 6.04 Å². The van der Waals surface area contributed by atoms with Crippen molar-refractivity contribution >= 4 is 61.0 Å². The summed E-state index contributed by atoms with van der Waals surface area (Å²) in [6.45, 7) is 0. The maximum Gasteiger partial charge on any atom is 0.320 e. The lowest BCUT2D eigenvalue weighted by Gasteiger charge is -2.13. The highest BCUT2D eigenvalue weighted by Gasteiger charge is 2.14. The van der Waals surface area contributed by atoms with Gasteiger partial charge < -0.3 is 21.5 Å². The maximum absolute atomic E-state index is 11.4. The van der Waals surface area contributed by atoms with Crippen LogP contribution in [0, 0.1) is 0 Å². The summed E-state index contributed by atoms with van der Waals surface area (Å²) in [6.07, 6.45) is 0.0739. The van der Waals surface area contributed by atoms with E-state index in [1.165, 1.54) is 0 Å². The van der Waals surface area contributed by atoms with E-state index in [0.717, 1.165) is 0 Å². The van der Waals surface area contributed by atoms with E-state index in [-0.39, 0.29) is 28.9 Å². The quantitative estimate of drug-likeness (QED) is 0.480. The van der Waals surface area contributed by atoms with Gasteiger partial charge in [0.2, 0.25) is 11.8 Å². The molecule has 5 N–H and O–H groups in total. The fourth-order valence-corrected chi connectivity index (χ4v) is 1.96. The Hall–Kier alpha value is -1.45. The molecular weight excluding hydrogens is 422 g/mol. The first-order valence-electron chi connectivity index (χ1n) is 6.19. The van der Waals surface area contributed by atoms with Crippen molar-refractivity contribution in [3.8, 4) is 0 Å². The molecule has 1 aromatic carbocycles. The van der Waals surface area contributed by atoms with Gasteiger partial charge in [-0.3, -0.25) is 14.4 Å². The Bertz CT molecular complexity index is 544. The molecule has 7 nitrogen and oxygen atoms in total. The number of hydrogen-bond acceptors (Lipinski definition) is 4. The molecule has 1 rings (SSSR count). The third kappa shape index (κ3) is 6.12. The van der Waals surface area contributed by atoms with E-state index in [4.69, 9.17) is 10.8 Å². The smallest absolute Gasteiger partial charge is 0.320 e. The van der Waals surface area contributed by atoms with Crippen molar-refractivity contribution in [2.24, 2.45) is 5.73 Å². The summed E-state index contributed by atoms with van der Waals surface area (Å²) in [6, 6.07) is 3.75. The number of anilines is 2. The monoisotopic (exact) mass is 435 g/mol. The van der Waals surface area contributed by atoms with E-state index in [1.54, 1.807) is 18.2 Å². The average molecular weight is 437 g/mol. The highest BCUT2D eigenvalue weighted by Crippen LogP contribution is 2.20. The summed E-state index contributed by atoms with van der Waals surface area (Å²) in [5.41, 5.74) is 7.00. The summed E-state index contributed by atoms with van der Waals surface area (Å²) < 4.78 is 0. The largest absolute Gasteiger partial charge is 0.480 e. The average Bonchev–Trinajstić information content (AvgIpc) is 2.46. The molecule has 120 valence electrons. The van der Waals surface area contributed by atoms with Crippen LogP contribution in [-0.2, 0) is 20.8 Å². The second-order valence-electron chi connectivity index (χ2n) is 4.43. The molecule has 22 heavy (non-hydrogen) atoms. The summed E-state index contributed by atoms with van der Waals surface area (Å²) in [7, 11) is 0. The summed E-state index contributed by atoms with van der Waals surface area (Å²) >= 11 is 6.07. The lowest BCUT2D eigenvalue weighted by atomic mass is 10.0. The molecule has 1 unspecified atom stereocenters. The van der Waals surface area contributed by atoms with Crippen molar-refractivity contribution in [3.05, 3.63) is 23.8 Å². The molecule has 0 aliphatic heterocycles. The number of nitrogens with two attached hydrogens (primary N) is 1. The van der Waals surface area contributed by atoms with Crippen LogP contribution in [0.2, 0.25) is 0 Å². The number of carboxylic acid groups (broad SMARTS) is 1. The van der Waals surface area contributed by atoms with Crippen molar-refractivity contribution in [3.63, 3.8) is 0 Å². The second kappa shape index (κ2) is 8.86. The molecule has 0 saturated heterocycles. The van der Waals surface area contributed by atoms with E-state index in [2.05, 4.69) is 42.5 Å². The van der Waals surface area contributed by atoms with E-state index >= 15 is 0 Å². The highest BCUT2D eigenvalue weighted by atomic mass is 79.9. The Balaban J connectivity index is 3.05. The van der Waals surface area contributed by atoms with Crippen molar-refractivity contribution in [1.82, 2.24) is 0 Å². The molecule has 1 atom stereocenters. The van der Waals surface area contributed by atoms with Gasteiger partial charge in [0.15, 0.2) is 0 Å². The van der Waals surface area contributed by atoms with Gasteiger partial charge in [-0.05, 0) is 30.2 Å². The zero-order valence-corrected chi connectivity index (χ0v) is 14.6. The molecule has 1 aromatic rings. The Kier molecular flexibility index (Phi) is 7.49. The molecule has 0 aliphatic carbocycles. The minimum atomic E-state index is -1.12. The molecule has 0 aliphatic rings. The van der Waals surface area contributed by atoms with Gasteiger partial charge in [-0.15, -0.1) is 0 Å². The highest BCUT2D eigenvalue weighted by molar-refractivity contribution is 9.09. The number of halogens is 2. The van der Waals surface area contributed by atoms with E-state index in [0.29, 0.717) is 16.9 Å². The first-order valence-corrected chi connectivity index (χ1v) is 8.44. The maximum atomic E-state index is 11.4. The van der Waals surface area contributed by atoms with Crippen LogP contribution in [-0.4, -0.2) is 39.6 Å². The number of carboxylic acids is 1. The Morgan fingerprint density at radius 2 is 1.50 bits per heavy atom. The second-order valence-corrected chi connectivity index (χ2v) is 5.55. The SMILES string of the molecule is NC(Cc1cc(NC(=O)CBr)cc(NC(=O)CBr)c1)C(=O)O. The fraction of sp³-hybridized carbons (Fsp3) is 0.308. The molecule has 0 radical (unpaired) electrons. The molecule has 0 saturated carbocycles. The Morgan fingerprint density at radius 1 is 1.05 bits per heavy atom. The summed E-state index contributed by atoms with van der Waals surface area (Å²) in [4.78, 5) is 33.7. The van der Waals surface area contributed by atoms with Crippen LogP contribution in [0.5, 0.6) is 0 Å². The Labute approximate surface area is 143 Å². The van der Waals surface area contributed by atoms with Crippen LogP contribution in [0.3, 0.4) is 0 Å². The lowest BCUT2D eigenvalue weighted by molar-refractivity contribution is -0.138. The van der Waals surface area contributed by atoms with Gasteiger partial charge in [-0.1, -0.05) is 31.9 Å². The van der Waals surface area contributed by atoms with Crippen molar-refractivity contribution < 1.29 is 19.5 Å². The van der Waals surface area contributed by atoms with Crippen LogP contribution in [0.25, 0.3) is 0 Å². The number of carbonyl (C=O) groups excluding carboxylic acids is 2. The van der Waals surface area contributed by atoms with Gasteiger partial charge in [0.05, 0.1) is 10.7 Å². The molecule has 0 heterocycles. The van der Waals surface area contributed by atoms with E-state index < -0.39 is 12.0 Å². The number of aliphatic carboxylic acids is 1. The van der Waals surface area contributed by atoms with Gasteiger partial charge >= 0.3 is 5.97 Å². The summed E-state index contributed by atoms with van der Waals surface area (Å²) in [5.74, 6) is -1.66. The minimum Gasteiger partial charge on any atom is -0.480 e. The van der Waals surface area contributed by atoms with Crippen LogP contribution in [0.15, 0.2) is 18.2 Å². The predicted molar refractivity (Wildman–Crippen MR) is 90.6 cm³/mol. The van der Waals surface area contributed by atoms with Gasteiger partial charge in [-0.25, -0.2) is 0 Å². The molecule has 0 bridgehead atoms. The minimum absolute atomic E-state index is 0.0739. The van der Waals surface area contributed by atoms with Gasteiger partial charge in [0, 0.05) is 11.4 Å². The van der Waals surface area contributed by atoms with E-state index in [1.807, 2.05) is 0 Å². The zero-order valence-electron chi connectivity index (χ0n) is 11.4. The van der Waals surface area contributed by atoms with Gasteiger partial charge in [0.25, 0.3) is 0 Å². The van der Waals surface area contributed by atoms with Gasteiger partial charge in [-0.2, -0.15) is 0 Å². The van der Waals surface area contributed by atoms with E-state index in [9.17, 15) is 14.4 Å². The molecule has 2 amide bonds. The van der Waals surface area contributed by atoms with Crippen LogP contribution in [0.1, 0.15) is 5.56 Å².